The van der Waals surface area contributed by atoms with Crippen molar-refractivity contribution in [2.75, 3.05) is 25.2 Å². The lowest BCUT2D eigenvalue weighted by molar-refractivity contribution is -0.116. The van der Waals surface area contributed by atoms with E-state index in [0.29, 0.717) is 5.13 Å². The molecule has 0 fully saturated rings. The van der Waals surface area contributed by atoms with E-state index in [2.05, 4.69) is 21.6 Å². The highest BCUT2D eigenvalue weighted by atomic mass is 32.2. The van der Waals surface area contributed by atoms with Gasteiger partial charge in [0.25, 0.3) is 0 Å². The number of amides is 1. The Labute approximate surface area is 149 Å². The molecular weight excluding hydrogens is 368 g/mol. The summed E-state index contributed by atoms with van der Waals surface area (Å²) in [6, 6.07) is 8.21. The van der Waals surface area contributed by atoms with Gasteiger partial charge in [-0.3, -0.25) is 10.1 Å². The topological polar surface area (TPSA) is 92.3 Å². The lowest BCUT2D eigenvalue weighted by atomic mass is 10.2. The van der Waals surface area contributed by atoms with Gasteiger partial charge >= 0.3 is 0 Å². The summed E-state index contributed by atoms with van der Waals surface area (Å²) in [4.78, 5) is 11.8. The molecule has 1 amide bonds. The van der Waals surface area contributed by atoms with Gasteiger partial charge < -0.3 is 0 Å². The second kappa shape index (κ2) is 8.06. The molecule has 0 radical (unpaired) electrons. The maximum absolute atomic E-state index is 11.8. The lowest BCUT2D eigenvalue weighted by Crippen LogP contribution is -2.34. The Balaban J connectivity index is 1.87. The summed E-state index contributed by atoms with van der Waals surface area (Å²) in [6.45, 7) is 1.78. The standard InChI is InChI=1S/C14H18N4O3S3/c1-10-5-4-6-11(7-10)9-22-14-17-16-13(23-14)15-12(19)8-18(2)24(3,20)21/h4-7H,8-9H2,1-3H3,(H,15,16,19). The molecule has 1 heterocycles. The Morgan fingerprint density at radius 3 is 2.79 bits per heavy atom. The third-order valence-electron chi connectivity index (χ3n) is 3.03. The van der Waals surface area contributed by atoms with Crippen molar-refractivity contribution in [1.82, 2.24) is 14.5 Å². The number of nitrogens with zero attached hydrogens (tertiary/aromatic N) is 3. The maximum atomic E-state index is 11.8. The van der Waals surface area contributed by atoms with Gasteiger partial charge in [0.2, 0.25) is 21.1 Å². The molecule has 0 bridgehead atoms. The van der Waals surface area contributed by atoms with Gasteiger partial charge in [0.05, 0.1) is 12.8 Å². The molecule has 0 aliphatic carbocycles. The van der Waals surface area contributed by atoms with E-state index in [1.807, 2.05) is 25.1 Å². The average molecular weight is 387 g/mol. The van der Waals surface area contributed by atoms with E-state index in [-0.39, 0.29) is 6.54 Å². The van der Waals surface area contributed by atoms with Crippen molar-refractivity contribution in [2.24, 2.45) is 0 Å². The summed E-state index contributed by atoms with van der Waals surface area (Å²) in [6.07, 6.45) is 1.05. The third kappa shape index (κ3) is 5.86. The van der Waals surface area contributed by atoms with Crippen LogP contribution in [0.2, 0.25) is 0 Å². The van der Waals surface area contributed by atoms with Crippen LogP contribution in [0.4, 0.5) is 5.13 Å². The Bertz CT molecular complexity index is 820. The molecule has 130 valence electrons. The molecule has 7 nitrogen and oxygen atoms in total. The first-order valence-electron chi connectivity index (χ1n) is 6.97. The van der Waals surface area contributed by atoms with Crippen LogP contribution in [0.5, 0.6) is 0 Å². The van der Waals surface area contributed by atoms with Crippen molar-refractivity contribution in [3.05, 3.63) is 35.4 Å². The lowest BCUT2D eigenvalue weighted by Gasteiger charge is -2.12. The maximum Gasteiger partial charge on any atom is 0.241 e. The molecule has 1 aromatic heterocycles. The monoisotopic (exact) mass is 386 g/mol. The second-order valence-corrected chi connectivity index (χ2v) is 9.51. The van der Waals surface area contributed by atoms with E-state index in [4.69, 9.17) is 0 Å². The Hall–Kier alpha value is -1.49. The van der Waals surface area contributed by atoms with Gasteiger partial charge in [-0.25, -0.2) is 8.42 Å². The molecule has 1 aromatic carbocycles. The summed E-state index contributed by atoms with van der Waals surface area (Å²) in [5.74, 6) is 0.315. The van der Waals surface area contributed by atoms with Crippen molar-refractivity contribution in [3.8, 4) is 0 Å². The predicted octanol–water partition coefficient (Wildman–Crippen LogP) is 1.97. The van der Waals surface area contributed by atoms with Crippen LogP contribution in [-0.2, 0) is 20.6 Å². The summed E-state index contributed by atoms with van der Waals surface area (Å²) < 4.78 is 24.3. The Kier molecular flexibility index (Phi) is 6.33. The van der Waals surface area contributed by atoms with E-state index in [9.17, 15) is 13.2 Å². The molecule has 0 atom stereocenters. The second-order valence-electron chi connectivity index (χ2n) is 5.22. The molecule has 1 N–H and O–H groups in total. The van der Waals surface area contributed by atoms with E-state index in [1.54, 1.807) is 0 Å². The molecule has 10 heteroatoms. The average Bonchev–Trinajstić information content (AvgIpc) is 2.91. The number of aromatic nitrogens is 2. The fraction of sp³-hybridized carbons (Fsp3) is 0.357. The number of aryl methyl sites for hydroxylation is 1. The number of hydrogen-bond donors (Lipinski definition) is 1. The van der Waals surface area contributed by atoms with E-state index in [1.165, 1.54) is 41.3 Å². The first-order valence-corrected chi connectivity index (χ1v) is 10.6. The molecule has 0 aliphatic rings. The number of sulfonamides is 1. The Morgan fingerprint density at radius 1 is 1.38 bits per heavy atom. The summed E-state index contributed by atoms with van der Waals surface area (Å²) in [7, 11) is -2.05. The normalized spacial score (nSPS) is 11.7. The van der Waals surface area contributed by atoms with Crippen LogP contribution in [0.3, 0.4) is 0 Å². The fourth-order valence-corrected chi connectivity index (χ4v) is 3.81. The van der Waals surface area contributed by atoms with Crippen LogP contribution < -0.4 is 5.32 Å². The van der Waals surface area contributed by atoms with Crippen LogP contribution in [0, 0.1) is 6.92 Å². The van der Waals surface area contributed by atoms with Crippen molar-refractivity contribution < 1.29 is 13.2 Å². The number of thioether (sulfide) groups is 1. The molecule has 2 rings (SSSR count). The molecule has 0 saturated carbocycles. The molecule has 0 saturated heterocycles. The number of anilines is 1. The van der Waals surface area contributed by atoms with E-state index >= 15 is 0 Å². The summed E-state index contributed by atoms with van der Waals surface area (Å²) in [5, 5.41) is 10.8. The predicted molar refractivity (Wildman–Crippen MR) is 96.8 cm³/mol. The SMILES string of the molecule is Cc1cccc(CSc2nnc(NC(=O)CN(C)S(C)(=O)=O)s2)c1. The minimum absolute atomic E-state index is 0.260. The zero-order chi connectivity index (χ0) is 17.7. The number of hydrogen-bond acceptors (Lipinski definition) is 7. The van der Waals surface area contributed by atoms with Crippen LogP contribution in [0.1, 0.15) is 11.1 Å². The van der Waals surface area contributed by atoms with Gasteiger partial charge in [0, 0.05) is 12.8 Å². The zero-order valence-corrected chi connectivity index (χ0v) is 16.0. The number of benzene rings is 1. The van der Waals surface area contributed by atoms with Crippen LogP contribution in [0.25, 0.3) is 0 Å². The van der Waals surface area contributed by atoms with Gasteiger partial charge in [-0.2, -0.15) is 4.31 Å². The van der Waals surface area contributed by atoms with Gasteiger partial charge in [-0.1, -0.05) is 52.9 Å². The number of likely N-dealkylation sites (N-methyl/N-ethyl adjacent to an activating group) is 1. The van der Waals surface area contributed by atoms with Crippen LogP contribution in [-0.4, -0.2) is 48.7 Å². The van der Waals surface area contributed by atoms with E-state index in [0.717, 1.165) is 20.7 Å². The molecule has 0 spiro atoms. The highest BCUT2D eigenvalue weighted by molar-refractivity contribution is 8.00. The van der Waals surface area contributed by atoms with Crippen molar-refractivity contribution in [1.29, 1.82) is 0 Å². The summed E-state index contributed by atoms with van der Waals surface area (Å²) in [5.41, 5.74) is 2.39. The molecule has 0 unspecified atom stereocenters. The minimum Gasteiger partial charge on any atom is -0.299 e. The highest BCUT2D eigenvalue weighted by Crippen LogP contribution is 2.28. The quantitative estimate of drug-likeness (QED) is 0.578. The van der Waals surface area contributed by atoms with Gasteiger partial charge in [-0.15, -0.1) is 10.2 Å². The van der Waals surface area contributed by atoms with Crippen LogP contribution in [0.15, 0.2) is 28.6 Å². The Morgan fingerprint density at radius 2 is 2.12 bits per heavy atom. The summed E-state index contributed by atoms with van der Waals surface area (Å²) >= 11 is 2.80. The number of nitrogens with one attached hydrogen (secondary N) is 1. The first kappa shape index (κ1) is 18.8. The number of carbonyl (C=O) groups is 1. The first-order chi connectivity index (χ1) is 11.2. The molecular formula is C14H18N4O3S3. The van der Waals surface area contributed by atoms with E-state index < -0.39 is 15.9 Å². The molecule has 0 aliphatic heterocycles. The van der Waals surface area contributed by atoms with Gasteiger partial charge in [-0.05, 0) is 12.5 Å². The fourth-order valence-electron chi connectivity index (χ4n) is 1.74. The minimum atomic E-state index is -3.39. The number of carbonyl (C=O) groups excluding carboxylic acids is 1. The molecule has 2 aromatic rings. The largest absolute Gasteiger partial charge is 0.299 e. The van der Waals surface area contributed by atoms with Gasteiger partial charge in [0.15, 0.2) is 4.34 Å². The third-order valence-corrected chi connectivity index (χ3v) is 6.33. The smallest absolute Gasteiger partial charge is 0.241 e. The highest BCUT2D eigenvalue weighted by Gasteiger charge is 2.16. The number of rotatable bonds is 7. The van der Waals surface area contributed by atoms with Gasteiger partial charge in [0.1, 0.15) is 0 Å². The zero-order valence-electron chi connectivity index (χ0n) is 13.5. The van der Waals surface area contributed by atoms with Crippen molar-refractivity contribution in [3.63, 3.8) is 0 Å². The van der Waals surface area contributed by atoms with Crippen molar-refractivity contribution in [2.45, 2.75) is 17.0 Å². The van der Waals surface area contributed by atoms with Crippen LogP contribution >= 0.6 is 23.1 Å². The van der Waals surface area contributed by atoms with Crippen molar-refractivity contribution >= 4 is 44.2 Å². The molecule has 24 heavy (non-hydrogen) atoms.